The first kappa shape index (κ1) is 24.7. The van der Waals surface area contributed by atoms with E-state index >= 15 is 0 Å². The molecule has 178 valence electrons. The number of hydrogen-bond acceptors (Lipinski definition) is 5. The van der Waals surface area contributed by atoms with E-state index in [1.807, 2.05) is 6.92 Å². The van der Waals surface area contributed by atoms with E-state index in [0.717, 1.165) is 29.8 Å². The highest BCUT2D eigenvalue weighted by Crippen LogP contribution is 2.30. The minimum atomic E-state index is -4.48. The molecule has 0 unspecified atom stereocenters. The number of carbonyl (C=O) groups excluding carboxylic acids is 2. The minimum absolute atomic E-state index is 0.138. The molecule has 7 nitrogen and oxygen atoms in total. The molecule has 1 aliphatic rings. The summed E-state index contributed by atoms with van der Waals surface area (Å²) in [4.78, 5) is 24.4. The lowest BCUT2D eigenvalue weighted by molar-refractivity contribution is -0.152. The van der Waals surface area contributed by atoms with Gasteiger partial charge in [-0.25, -0.2) is 8.42 Å². The van der Waals surface area contributed by atoms with Gasteiger partial charge in [0.05, 0.1) is 16.4 Å². The Bertz CT molecular complexity index is 1090. The third-order valence-electron chi connectivity index (χ3n) is 5.29. The molecule has 1 amide bonds. The highest BCUT2D eigenvalue weighted by molar-refractivity contribution is 7.89. The van der Waals surface area contributed by atoms with Crippen LogP contribution in [0.15, 0.2) is 53.4 Å². The molecule has 2 aromatic rings. The van der Waals surface area contributed by atoms with Crippen LogP contribution < -0.4 is 5.32 Å². The average Bonchev–Trinajstić information content (AvgIpc) is 2.77. The van der Waals surface area contributed by atoms with Gasteiger partial charge in [-0.3, -0.25) is 9.59 Å². The van der Waals surface area contributed by atoms with Crippen LogP contribution >= 0.6 is 0 Å². The number of alkyl halides is 3. The van der Waals surface area contributed by atoms with Crippen molar-refractivity contribution < 1.29 is 35.9 Å². The Morgan fingerprint density at radius 2 is 1.61 bits per heavy atom. The van der Waals surface area contributed by atoms with Gasteiger partial charge < -0.3 is 10.1 Å². The highest BCUT2D eigenvalue weighted by atomic mass is 32.2. The SMILES string of the molecule is Cc1ccc(S(=O)(=O)N2CCC(C(=O)OCC(=O)Nc3ccc(C(F)(F)F)cc3)CC2)cc1. The van der Waals surface area contributed by atoms with Crippen LogP contribution in [-0.4, -0.2) is 44.3 Å². The number of esters is 1. The van der Waals surface area contributed by atoms with Crippen LogP contribution in [0.5, 0.6) is 0 Å². The Morgan fingerprint density at radius 3 is 2.15 bits per heavy atom. The smallest absolute Gasteiger partial charge is 0.416 e. The van der Waals surface area contributed by atoms with Crippen LogP contribution in [0.1, 0.15) is 24.0 Å². The van der Waals surface area contributed by atoms with Crippen molar-refractivity contribution in [2.75, 3.05) is 25.0 Å². The standard InChI is InChI=1S/C22H23F3N2O5S/c1-15-2-8-19(9-3-15)33(30,31)27-12-10-16(11-13-27)21(29)32-14-20(28)26-18-6-4-17(5-7-18)22(23,24)25/h2-9,16H,10-14H2,1H3,(H,26,28). The second-order valence-electron chi connectivity index (χ2n) is 7.72. The van der Waals surface area contributed by atoms with Crippen LogP contribution in [0.25, 0.3) is 0 Å². The van der Waals surface area contributed by atoms with Gasteiger partial charge in [-0.1, -0.05) is 17.7 Å². The van der Waals surface area contributed by atoms with Gasteiger partial charge in [0, 0.05) is 18.8 Å². The molecule has 0 atom stereocenters. The fourth-order valence-electron chi connectivity index (χ4n) is 3.39. The van der Waals surface area contributed by atoms with E-state index in [1.165, 1.54) is 4.31 Å². The number of benzene rings is 2. The fraction of sp³-hybridized carbons (Fsp3) is 0.364. The number of amides is 1. The van der Waals surface area contributed by atoms with Gasteiger partial charge in [0.25, 0.3) is 5.91 Å². The first-order chi connectivity index (χ1) is 15.5. The second kappa shape index (κ2) is 9.92. The number of aryl methyl sites for hydroxylation is 1. The summed E-state index contributed by atoms with van der Waals surface area (Å²) in [6, 6.07) is 10.4. The Hall–Kier alpha value is -2.92. The average molecular weight is 484 g/mol. The third kappa shape index (κ3) is 6.32. The third-order valence-corrected chi connectivity index (χ3v) is 7.20. The van der Waals surface area contributed by atoms with Crippen LogP contribution in [0.4, 0.5) is 18.9 Å². The lowest BCUT2D eigenvalue weighted by Crippen LogP contribution is -2.40. The Morgan fingerprint density at radius 1 is 1.03 bits per heavy atom. The number of sulfonamides is 1. The molecule has 3 rings (SSSR count). The predicted molar refractivity (Wildman–Crippen MR) is 114 cm³/mol. The maximum atomic E-state index is 12.7. The fourth-order valence-corrected chi connectivity index (χ4v) is 4.86. The molecule has 1 heterocycles. The number of carbonyl (C=O) groups is 2. The molecule has 0 aliphatic carbocycles. The number of ether oxygens (including phenoxy) is 1. The lowest BCUT2D eigenvalue weighted by Gasteiger charge is -2.30. The van der Waals surface area contributed by atoms with E-state index in [4.69, 9.17) is 4.74 Å². The van der Waals surface area contributed by atoms with Crippen LogP contribution in [-0.2, 0) is 30.5 Å². The number of halogens is 3. The Labute approximate surface area is 189 Å². The van der Waals surface area contributed by atoms with Crippen molar-refractivity contribution in [3.05, 3.63) is 59.7 Å². The van der Waals surface area contributed by atoms with Crippen molar-refractivity contribution in [2.24, 2.45) is 5.92 Å². The number of nitrogens with zero attached hydrogens (tertiary/aromatic N) is 1. The molecule has 0 saturated carbocycles. The molecule has 11 heteroatoms. The highest BCUT2D eigenvalue weighted by Gasteiger charge is 2.33. The summed E-state index contributed by atoms with van der Waals surface area (Å²) in [6.07, 6.45) is -3.97. The number of piperidine rings is 1. The maximum absolute atomic E-state index is 12.7. The van der Waals surface area contributed by atoms with Crippen LogP contribution in [0.2, 0.25) is 0 Å². The molecule has 1 fully saturated rings. The van der Waals surface area contributed by atoms with Gasteiger partial charge in [-0.05, 0) is 56.2 Å². The normalized spacial score (nSPS) is 15.8. The molecule has 0 radical (unpaired) electrons. The zero-order valence-electron chi connectivity index (χ0n) is 17.8. The summed E-state index contributed by atoms with van der Waals surface area (Å²) < 4.78 is 69.5. The van der Waals surface area contributed by atoms with E-state index in [-0.39, 0.29) is 36.5 Å². The number of nitrogens with one attached hydrogen (secondary N) is 1. The number of rotatable bonds is 6. The predicted octanol–water partition coefficient (Wildman–Crippen LogP) is 3.60. The van der Waals surface area contributed by atoms with E-state index in [0.29, 0.717) is 0 Å². The van der Waals surface area contributed by atoms with Crippen molar-refractivity contribution in [2.45, 2.75) is 30.8 Å². The van der Waals surface area contributed by atoms with E-state index < -0.39 is 46.2 Å². The first-order valence-electron chi connectivity index (χ1n) is 10.2. The van der Waals surface area contributed by atoms with E-state index in [1.54, 1.807) is 24.3 Å². The van der Waals surface area contributed by atoms with E-state index in [9.17, 15) is 31.2 Å². The van der Waals surface area contributed by atoms with Crippen LogP contribution in [0, 0.1) is 12.8 Å². The largest absolute Gasteiger partial charge is 0.455 e. The van der Waals surface area contributed by atoms with Crippen molar-refractivity contribution in [3.8, 4) is 0 Å². The topological polar surface area (TPSA) is 92.8 Å². The van der Waals surface area contributed by atoms with E-state index in [2.05, 4.69) is 5.32 Å². The molecule has 1 N–H and O–H groups in total. The van der Waals surface area contributed by atoms with Gasteiger partial charge >= 0.3 is 12.1 Å². The molecule has 1 saturated heterocycles. The lowest BCUT2D eigenvalue weighted by atomic mass is 9.98. The summed E-state index contributed by atoms with van der Waals surface area (Å²) in [6.45, 7) is 1.56. The number of anilines is 1. The summed E-state index contributed by atoms with van der Waals surface area (Å²) in [7, 11) is -3.65. The molecular weight excluding hydrogens is 461 g/mol. The summed E-state index contributed by atoms with van der Waals surface area (Å²) in [5.74, 6) is -1.86. The van der Waals surface area contributed by atoms with Crippen LogP contribution in [0.3, 0.4) is 0 Å². The molecular formula is C22H23F3N2O5S. The van der Waals surface area contributed by atoms with Gasteiger partial charge in [-0.2, -0.15) is 17.5 Å². The molecule has 33 heavy (non-hydrogen) atoms. The molecule has 0 spiro atoms. The van der Waals surface area contributed by atoms with Crippen molar-refractivity contribution in [1.82, 2.24) is 4.31 Å². The van der Waals surface area contributed by atoms with Crippen molar-refractivity contribution >= 4 is 27.6 Å². The summed E-state index contributed by atoms with van der Waals surface area (Å²) in [5.41, 5.74) is 0.235. The quantitative estimate of drug-likeness (QED) is 0.633. The zero-order chi connectivity index (χ0) is 24.2. The van der Waals surface area contributed by atoms with Gasteiger partial charge in [0.15, 0.2) is 6.61 Å². The molecule has 1 aliphatic heterocycles. The maximum Gasteiger partial charge on any atom is 0.416 e. The van der Waals surface area contributed by atoms with Crippen molar-refractivity contribution in [1.29, 1.82) is 0 Å². The molecule has 2 aromatic carbocycles. The van der Waals surface area contributed by atoms with Gasteiger partial charge in [0.2, 0.25) is 10.0 Å². The second-order valence-corrected chi connectivity index (χ2v) is 9.66. The van der Waals surface area contributed by atoms with Gasteiger partial charge in [0.1, 0.15) is 0 Å². The minimum Gasteiger partial charge on any atom is -0.455 e. The van der Waals surface area contributed by atoms with Crippen molar-refractivity contribution in [3.63, 3.8) is 0 Å². The number of hydrogen-bond donors (Lipinski definition) is 1. The van der Waals surface area contributed by atoms with Gasteiger partial charge in [-0.15, -0.1) is 0 Å². The Balaban J connectivity index is 1.46. The Kier molecular flexibility index (Phi) is 7.43. The summed E-state index contributed by atoms with van der Waals surface area (Å²) in [5, 5.41) is 2.36. The molecule has 0 bridgehead atoms. The molecule has 0 aromatic heterocycles. The summed E-state index contributed by atoms with van der Waals surface area (Å²) >= 11 is 0. The first-order valence-corrected chi connectivity index (χ1v) is 11.6. The monoisotopic (exact) mass is 484 g/mol. The zero-order valence-corrected chi connectivity index (χ0v) is 18.6.